The van der Waals surface area contributed by atoms with E-state index in [1.165, 1.54) is 7.11 Å². The largest absolute Gasteiger partial charge is 0.495 e. The van der Waals surface area contributed by atoms with Crippen molar-refractivity contribution in [3.63, 3.8) is 0 Å². The lowest BCUT2D eigenvalue weighted by Crippen LogP contribution is -2.34. The molecule has 0 aliphatic heterocycles. The van der Waals surface area contributed by atoms with Gasteiger partial charge in [0.25, 0.3) is 5.91 Å². The molecule has 1 amide bonds. The molecule has 0 saturated carbocycles. The second-order valence-electron chi connectivity index (χ2n) is 5.52. The molecule has 0 radical (unpaired) electrons. The SMILES string of the molecule is COc1c(C(=O)NC(=S)Nc2ccc(I)cc2Cl)cc2ccccc2c1Br. The van der Waals surface area contributed by atoms with Gasteiger partial charge in [0.15, 0.2) is 5.11 Å². The van der Waals surface area contributed by atoms with E-state index in [2.05, 4.69) is 49.2 Å². The zero-order valence-electron chi connectivity index (χ0n) is 14.0. The molecule has 2 N–H and O–H groups in total. The number of amides is 1. The zero-order chi connectivity index (χ0) is 19.6. The Morgan fingerprint density at radius 1 is 1.22 bits per heavy atom. The number of fused-ring (bicyclic) bond motifs is 1. The molecule has 0 aliphatic rings. The van der Waals surface area contributed by atoms with Gasteiger partial charge in [-0.25, -0.2) is 0 Å². The molecule has 3 rings (SSSR count). The number of rotatable bonds is 3. The van der Waals surface area contributed by atoms with Gasteiger partial charge in [-0.2, -0.15) is 0 Å². The first-order chi connectivity index (χ1) is 12.9. The number of carbonyl (C=O) groups is 1. The molecule has 8 heteroatoms. The summed E-state index contributed by atoms with van der Waals surface area (Å²) in [5, 5.41) is 8.15. The number of anilines is 1. The standard InChI is InChI=1S/C19H13BrClIN2O2S/c1-26-17-13(8-10-4-2-3-5-12(10)16(17)20)18(25)24-19(27)23-15-7-6-11(22)9-14(15)21/h2-9H,1H3,(H2,23,24,25,27). The smallest absolute Gasteiger partial charge is 0.261 e. The average Bonchev–Trinajstić information content (AvgIpc) is 2.64. The van der Waals surface area contributed by atoms with Crippen molar-refractivity contribution in [2.45, 2.75) is 0 Å². The maximum atomic E-state index is 12.8. The van der Waals surface area contributed by atoms with Crippen LogP contribution in [0, 0.1) is 3.57 Å². The fourth-order valence-corrected chi connectivity index (χ4v) is 4.41. The van der Waals surface area contributed by atoms with Gasteiger partial charge < -0.3 is 10.1 Å². The molecular weight excluding hydrogens is 563 g/mol. The van der Waals surface area contributed by atoms with Crippen molar-refractivity contribution in [1.29, 1.82) is 0 Å². The Labute approximate surface area is 188 Å². The summed E-state index contributed by atoms with van der Waals surface area (Å²) in [5.41, 5.74) is 0.995. The topological polar surface area (TPSA) is 50.4 Å². The lowest BCUT2D eigenvalue weighted by molar-refractivity contribution is 0.0975. The van der Waals surface area contributed by atoms with Crippen LogP contribution in [0.3, 0.4) is 0 Å². The molecule has 0 bridgehead atoms. The summed E-state index contributed by atoms with van der Waals surface area (Å²) in [4.78, 5) is 12.8. The summed E-state index contributed by atoms with van der Waals surface area (Å²) in [6.07, 6.45) is 0. The number of carbonyl (C=O) groups excluding carboxylic acids is 1. The zero-order valence-corrected chi connectivity index (χ0v) is 19.3. The highest BCUT2D eigenvalue weighted by Crippen LogP contribution is 2.36. The summed E-state index contributed by atoms with van der Waals surface area (Å²) < 4.78 is 7.16. The summed E-state index contributed by atoms with van der Waals surface area (Å²) in [6.45, 7) is 0. The highest BCUT2D eigenvalue weighted by Gasteiger charge is 2.19. The van der Waals surface area contributed by atoms with E-state index in [4.69, 9.17) is 28.6 Å². The highest BCUT2D eigenvalue weighted by molar-refractivity contribution is 14.1. The Morgan fingerprint density at radius 3 is 2.67 bits per heavy atom. The summed E-state index contributed by atoms with van der Waals surface area (Å²) in [7, 11) is 1.52. The predicted octanol–water partition coefficient (Wildman–Crippen LogP) is 6.00. The van der Waals surface area contributed by atoms with Crippen molar-refractivity contribution < 1.29 is 9.53 Å². The van der Waals surface area contributed by atoms with Crippen LogP contribution in [0.2, 0.25) is 5.02 Å². The number of hydrogen-bond acceptors (Lipinski definition) is 3. The molecule has 27 heavy (non-hydrogen) atoms. The second-order valence-corrected chi connectivity index (χ2v) is 8.38. The van der Waals surface area contributed by atoms with Crippen LogP contribution in [0.5, 0.6) is 5.75 Å². The van der Waals surface area contributed by atoms with Gasteiger partial charge in [-0.1, -0.05) is 35.9 Å². The molecule has 0 aliphatic carbocycles. The molecule has 0 unspecified atom stereocenters. The van der Waals surface area contributed by atoms with Crippen LogP contribution in [0.15, 0.2) is 53.0 Å². The molecule has 0 aromatic heterocycles. The van der Waals surface area contributed by atoms with Crippen molar-refractivity contribution in [1.82, 2.24) is 5.32 Å². The maximum absolute atomic E-state index is 12.8. The fraction of sp³-hybridized carbons (Fsp3) is 0.0526. The Balaban J connectivity index is 1.86. The number of methoxy groups -OCH3 is 1. The van der Waals surface area contributed by atoms with Crippen LogP contribution in [0.1, 0.15) is 10.4 Å². The first kappa shape index (κ1) is 20.3. The summed E-state index contributed by atoms with van der Waals surface area (Å²) in [6, 6.07) is 15.0. The number of benzene rings is 3. The van der Waals surface area contributed by atoms with E-state index in [0.29, 0.717) is 26.5 Å². The molecule has 0 atom stereocenters. The third-order valence-corrected chi connectivity index (χ3v) is 5.77. The maximum Gasteiger partial charge on any atom is 0.261 e. The lowest BCUT2D eigenvalue weighted by Gasteiger charge is -2.15. The van der Waals surface area contributed by atoms with Crippen molar-refractivity contribution in [2.75, 3.05) is 12.4 Å². The van der Waals surface area contributed by atoms with E-state index in [-0.39, 0.29) is 11.0 Å². The van der Waals surface area contributed by atoms with E-state index in [1.54, 1.807) is 18.2 Å². The third-order valence-electron chi connectivity index (χ3n) is 3.80. The van der Waals surface area contributed by atoms with Gasteiger partial charge in [0.05, 0.1) is 27.9 Å². The number of halogens is 3. The molecule has 0 spiro atoms. The van der Waals surface area contributed by atoms with Gasteiger partial charge in [-0.05, 0) is 85.8 Å². The minimum atomic E-state index is -0.377. The van der Waals surface area contributed by atoms with Crippen LogP contribution < -0.4 is 15.4 Å². The van der Waals surface area contributed by atoms with Crippen LogP contribution >= 0.6 is 62.3 Å². The van der Waals surface area contributed by atoms with Gasteiger partial charge in [-0.3, -0.25) is 10.1 Å². The molecule has 138 valence electrons. The first-order valence-electron chi connectivity index (χ1n) is 7.73. The van der Waals surface area contributed by atoms with Crippen LogP contribution in [-0.4, -0.2) is 18.1 Å². The molecule has 3 aromatic rings. The third kappa shape index (κ3) is 4.53. The quantitative estimate of drug-likeness (QED) is 0.297. The van der Waals surface area contributed by atoms with E-state index >= 15 is 0 Å². The predicted molar refractivity (Wildman–Crippen MR) is 126 cm³/mol. The van der Waals surface area contributed by atoms with Crippen molar-refractivity contribution >= 4 is 89.8 Å². The number of hydrogen-bond donors (Lipinski definition) is 2. The number of thiocarbonyl (C=S) groups is 1. The van der Waals surface area contributed by atoms with Crippen LogP contribution in [-0.2, 0) is 0 Å². The van der Waals surface area contributed by atoms with Gasteiger partial charge in [0.2, 0.25) is 0 Å². The Morgan fingerprint density at radius 2 is 1.96 bits per heavy atom. The van der Waals surface area contributed by atoms with Gasteiger partial charge >= 0.3 is 0 Å². The van der Waals surface area contributed by atoms with Gasteiger partial charge in [-0.15, -0.1) is 0 Å². The van der Waals surface area contributed by atoms with Crippen molar-refractivity contribution in [3.8, 4) is 5.75 Å². The lowest BCUT2D eigenvalue weighted by atomic mass is 10.1. The Kier molecular flexibility index (Phi) is 6.56. The summed E-state index contributed by atoms with van der Waals surface area (Å²) in [5.74, 6) is 0.0683. The molecule has 0 fully saturated rings. The summed E-state index contributed by atoms with van der Waals surface area (Å²) >= 11 is 17.1. The van der Waals surface area contributed by atoms with E-state index < -0.39 is 0 Å². The molecule has 3 aromatic carbocycles. The normalized spacial score (nSPS) is 10.5. The van der Waals surface area contributed by atoms with Crippen LogP contribution in [0.25, 0.3) is 10.8 Å². The van der Waals surface area contributed by atoms with E-state index in [1.807, 2.05) is 30.3 Å². The number of ether oxygens (including phenoxy) is 1. The molecule has 4 nitrogen and oxygen atoms in total. The monoisotopic (exact) mass is 574 g/mol. The minimum Gasteiger partial charge on any atom is -0.495 e. The van der Waals surface area contributed by atoms with Crippen molar-refractivity contribution in [3.05, 3.63) is 67.2 Å². The molecule has 0 heterocycles. The first-order valence-corrected chi connectivity index (χ1v) is 10.4. The Bertz CT molecular complexity index is 1060. The highest BCUT2D eigenvalue weighted by atomic mass is 127. The molecule has 0 saturated heterocycles. The Hall–Kier alpha value is -1.42. The van der Waals surface area contributed by atoms with Crippen LogP contribution in [0.4, 0.5) is 5.69 Å². The average molecular weight is 576 g/mol. The van der Waals surface area contributed by atoms with Gasteiger partial charge in [0, 0.05) is 3.57 Å². The van der Waals surface area contributed by atoms with Crippen molar-refractivity contribution in [2.24, 2.45) is 0 Å². The fourth-order valence-electron chi connectivity index (χ4n) is 2.57. The van der Waals surface area contributed by atoms with E-state index in [9.17, 15) is 4.79 Å². The van der Waals surface area contributed by atoms with Gasteiger partial charge in [0.1, 0.15) is 5.75 Å². The second kappa shape index (κ2) is 8.72. The minimum absolute atomic E-state index is 0.148. The number of nitrogens with one attached hydrogen (secondary N) is 2. The van der Waals surface area contributed by atoms with E-state index in [0.717, 1.165) is 14.3 Å². The molecular formula is C19H13BrClIN2O2S.